The summed E-state index contributed by atoms with van der Waals surface area (Å²) in [5.41, 5.74) is -0.535. The molecule has 1 fully saturated rings. The third-order valence-electron chi connectivity index (χ3n) is 2.85. The standard InChI is InChI=1S/C11H13FN2O4S/c12-10-4-3-8(7-9(10)11(15)16)13-19(17,18)14-5-1-2-6-14/h3-4,7,13H,1-2,5-6H2,(H,15,16). The summed E-state index contributed by atoms with van der Waals surface area (Å²) in [4.78, 5) is 10.8. The molecule has 0 radical (unpaired) electrons. The van der Waals surface area contributed by atoms with Gasteiger partial charge in [0.15, 0.2) is 0 Å². The smallest absolute Gasteiger partial charge is 0.338 e. The summed E-state index contributed by atoms with van der Waals surface area (Å²) in [6.07, 6.45) is 1.59. The fourth-order valence-electron chi connectivity index (χ4n) is 1.89. The van der Waals surface area contributed by atoms with Crippen molar-refractivity contribution in [2.75, 3.05) is 17.8 Å². The Morgan fingerprint density at radius 1 is 1.32 bits per heavy atom. The minimum absolute atomic E-state index is 0.0331. The van der Waals surface area contributed by atoms with Crippen LogP contribution in [0.4, 0.5) is 10.1 Å². The summed E-state index contributed by atoms with van der Waals surface area (Å²) in [6.45, 7) is 0.866. The summed E-state index contributed by atoms with van der Waals surface area (Å²) in [5, 5.41) is 8.77. The molecule has 8 heteroatoms. The van der Waals surface area contributed by atoms with Crippen molar-refractivity contribution in [3.63, 3.8) is 0 Å². The molecule has 1 aromatic rings. The number of rotatable bonds is 4. The topological polar surface area (TPSA) is 86.7 Å². The predicted octanol–water partition coefficient (Wildman–Crippen LogP) is 1.28. The van der Waals surface area contributed by atoms with Gasteiger partial charge < -0.3 is 5.11 Å². The number of halogens is 1. The third kappa shape index (κ3) is 3.02. The van der Waals surface area contributed by atoms with E-state index >= 15 is 0 Å². The summed E-state index contributed by atoms with van der Waals surface area (Å²) in [5.74, 6) is -2.35. The summed E-state index contributed by atoms with van der Waals surface area (Å²) in [6, 6.07) is 3.08. The van der Waals surface area contributed by atoms with Crippen molar-refractivity contribution in [3.8, 4) is 0 Å². The Kier molecular flexibility index (Phi) is 3.72. The highest BCUT2D eigenvalue weighted by atomic mass is 32.2. The Hall–Kier alpha value is -1.67. The van der Waals surface area contributed by atoms with Crippen molar-refractivity contribution >= 4 is 21.9 Å². The van der Waals surface area contributed by atoms with Gasteiger partial charge in [0.1, 0.15) is 5.82 Å². The highest BCUT2D eigenvalue weighted by Crippen LogP contribution is 2.19. The Bertz CT molecular complexity index is 597. The van der Waals surface area contributed by atoms with Crippen LogP contribution in [0.2, 0.25) is 0 Å². The van der Waals surface area contributed by atoms with Crippen molar-refractivity contribution in [1.82, 2.24) is 4.31 Å². The largest absolute Gasteiger partial charge is 0.478 e. The first-order valence-corrected chi connectivity index (χ1v) is 7.15. The van der Waals surface area contributed by atoms with Gasteiger partial charge in [-0.15, -0.1) is 0 Å². The van der Waals surface area contributed by atoms with E-state index in [4.69, 9.17) is 5.11 Å². The number of hydrogen-bond acceptors (Lipinski definition) is 3. The maximum atomic E-state index is 13.2. The lowest BCUT2D eigenvalue weighted by Gasteiger charge is -2.17. The van der Waals surface area contributed by atoms with Gasteiger partial charge in [-0.1, -0.05) is 0 Å². The number of nitrogens with one attached hydrogen (secondary N) is 1. The van der Waals surface area contributed by atoms with E-state index in [9.17, 15) is 17.6 Å². The number of nitrogens with zero attached hydrogens (tertiary/aromatic N) is 1. The SMILES string of the molecule is O=C(O)c1cc(NS(=O)(=O)N2CCCC2)ccc1F. The number of carboxylic acids is 1. The lowest BCUT2D eigenvalue weighted by molar-refractivity contribution is 0.0692. The van der Waals surface area contributed by atoms with Crippen molar-refractivity contribution in [2.45, 2.75) is 12.8 Å². The van der Waals surface area contributed by atoms with Crippen LogP contribution in [-0.4, -0.2) is 36.9 Å². The molecule has 6 nitrogen and oxygen atoms in total. The maximum absolute atomic E-state index is 13.2. The van der Waals surface area contributed by atoms with E-state index in [1.54, 1.807) is 0 Å². The third-order valence-corrected chi connectivity index (χ3v) is 4.39. The van der Waals surface area contributed by atoms with E-state index in [1.807, 2.05) is 0 Å². The predicted molar refractivity (Wildman–Crippen MR) is 66.7 cm³/mol. The van der Waals surface area contributed by atoms with Crippen LogP contribution in [0.15, 0.2) is 18.2 Å². The second-order valence-corrected chi connectivity index (χ2v) is 5.88. The van der Waals surface area contributed by atoms with Crippen molar-refractivity contribution < 1.29 is 22.7 Å². The molecule has 0 unspecified atom stereocenters. The van der Waals surface area contributed by atoms with E-state index < -0.39 is 27.6 Å². The fourth-order valence-corrected chi connectivity index (χ4v) is 3.19. The first-order valence-electron chi connectivity index (χ1n) is 5.71. The molecule has 0 atom stereocenters. The Morgan fingerprint density at radius 3 is 2.53 bits per heavy atom. The molecule has 0 aliphatic carbocycles. The van der Waals surface area contributed by atoms with Gasteiger partial charge >= 0.3 is 16.2 Å². The van der Waals surface area contributed by atoms with Crippen LogP contribution < -0.4 is 4.72 Å². The molecule has 2 N–H and O–H groups in total. The van der Waals surface area contributed by atoms with Crippen molar-refractivity contribution in [2.24, 2.45) is 0 Å². The molecular formula is C11H13FN2O4S. The van der Waals surface area contributed by atoms with Crippen LogP contribution in [0.5, 0.6) is 0 Å². The number of carboxylic acid groups (broad SMARTS) is 1. The van der Waals surface area contributed by atoms with Crippen LogP contribution in [0.3, 0.4) is 0 Å². The molecule has 1 saturated heterocycles. The van der Waals surface area contributed by atoms with Crippen molar-refractivity contribution in [1.29, 1.82) is 0 Å². The van der Waals surface area contributed by atoms with Gasteiger partial charge in [0.05, 0.1) is 11.3 Å². The lowest BCUT2D eigenvalue weighted by Crippen LogP contribution is -2.33. The monoisotopic (exact) mass is 288 g/mol. The molecule has 1 aliphatic rings. The molecule has 1 aliphatic heterocycles. The molecule has 1 heterocycles. The molecule has 2 rings (SSSR count). The molecule has 1 aromatic carbocycles. The van der Waals surface area contributed by atoms with Crippen LogP contribution in [-0.2, 0) is 10.2 Å². The van der Waals surface area contributed by atoms with Crippen molar-refractivity contribution in [3.05, 3.63) is 29.6 Å². The van der Waals surface area contributed by atoms with E-state index in [1.165, 1.54) is 10.4 Å². The van der Waals surface area contributed by atoms with Crippen LogP contribution >= 0.6 is 0 Å². The number of anilines is 1. The Balaban J connectivity index is 2.23. The van der Waals surface area contributed by atoms with Gasteiger partial charge in [-0.05, 0) is 31.0 Å². The number of aromatic carboxylic acids is 1. The fraction of sp³-hybridized carbons (Fsp3) is 0.364. The van der Waals surface area contributed by atoms with Crippen LogP contribution in [0.1, 0.15) is 23.2 Å². The molecule has 104 valence electrons. The highest BCUT2D eigenvalue weighted by molar-refractivity contribution is 7.90. The molecule has 19 heavy (non-hydrogen) atoms. The molecular weight excluding hydrogens is 275 g/mol. The van der Waals surface area contributed by atoms with Gasteiger partial charge in [-0.3, -0.25) is 4.72 Å². The molecule has 0 amide bonds. The molecule has 0 bridgehead atoms. The first kappa shape index (κ1) is 13.8. The minimum atomic E-state index is -3.70. The zero-order valence-electron chi connectivity index (χ0n) is 9.97. The van der Waals surface area contributed by atoms with E-state index in [2.05, 4.69) is 4.72 Å². The van der Waals surface area contributed by atoms with Crippen LogP contribution in [0, 0.1) is 5.82 Å². The average Bonchev–Trinajstić information content (AvgIpc) is 2.85. The van der Waals surface area contributed by atoms with Crippen LogP contribution in [0.25, 0.3) is 0 Å². The Labute approximate surface area is 110 Å². The number of hydrogen-bond donors (Lipinski definition) is 2. The van der Waals surface area contributed by atoms with Gasteiger partial charge in [0, 0.05) is 13.1 Å². The quantitative estimate of drug-likeness (QED) is 0.873. The summed E-state index contributed by atoms with van der Waals surface area (Å²) < 4.78 is 40.6. The normalized spacial score (nSPS) is 16.5. The summed E-state index contributed by atoms with van der Waals surface area (Å²) >= 11 is 0. The van der Waals surface area contributed by atoms with E-state index in [0.29, 0.717) is 13.1 Å². The number of carbonyl (C=O) groups is 1. The highest BCUT2D eigenvalue weighted by Gasteiger charge is 2.25. The van der Waals surface area contributed by atoms with Gasteiger partial charge in [-0.2, -0.15) is 12.7 Å². The molecule has 0 spiro atoms. The summed E-state index contributed by atoms with van der Waals surface area (Å²) in [7, 11) is -3.70. The second-order valence-electron chi connectivity index (χ2n) is 4.21. The first-order chi connectivity index (χ1) is 8.90. The zero-order valence-corrected chi connectivity index (χ0v) is 10.8. The maximum Gasteiger partial charge on any atom is 0.338 e. The average molecular weight is 288 g/mol. The van der Waals surface area contributed by atoms with Gasteiger partial charge in [-0.25, -0.2) is 9.18 Å². The lowest BCUT2D eigenvalue weighted by atomic mass is 10.2. The molecule has 0 aromatic heterocycles. The van der Waals surface area contributed by atoms with E-state index in [-0.39, 0.29) is 5.69 Å². The number of benzene rings is 1. The Morgan fingerprint density at radius 2 is 1.95 bits per heavy atom. The second kappa shape index (κ2) is 5.14. The zero-order chi connectivity index (χ0) is 14.0. The minimum Gasteiger partial charge on any atom is -0.478 e. The van der Waals surface area contributed by atoms with E-state index in [0.717, 1.165) is 25.0 Å². The molecule has 0 saturated carbocycles. The van der Waals surface area contributed by atoms with Gasteiger partial charge in [0.2, 0.25) is 0 Å². The van der Waals surface area contributed by atoms with Gasteiger partial charge in [0.25, 0.3) is 0 Å².